The fourth-order valence-electron chi connectivity index (χ4n) is 4.30. The molecule has 0 bridgehead atoms. The standard InChI is InChI=1S/C17H33N3O/c1-4-14-7-6-10-20(12-14)15-8-5-9-17(11-15,16(18)21)19-13(2)3/h13-15,19H,4-12H2,1-3H3,(H2,18,21). The minimum Gasteiger partial charge on any atom is -0.368 e. The highest BCUT2D eigenvalue weighted by molar-refractivity contribution is 5.85. The fourth-order valence-corrected chi connectivity index (χ4v) is 4.30. The van der Waals surface area contributed by atoms with E-state index in [1.54, 1.807) is 0 Å². The molecule has 0 aromatic carbocycles. The van der Waals surface area contributed by atoms with E-state index in [1.807, 2.05) is 0 Å². The number of primary amides is 1. The first-order valence-corrected chi connectivity index (χ1v) is 8.78. The van der Waals surface area contributed by atoms with E-state index in [0.29, 0.717) is 12.1 Å². The average molecular weight is 295 g/mol. The van der Waals surface area contributed by atoms with Crippen LogP contribution >= 0.6 is 0 Å². The molecule has 0 aromatic rings. The van der Waals surface area contributed by atoms with Gasteiger partial charge in [0.05, 0.1) is 5.54 Å². The van der Waals surface area contributed by atoms with Crippen LogP contribution in [0.4, 0.5) is 0 Å². The lowest BCUT2D eigenvalue weighted by Crippen LogP contribution is -2.62. The van der Waals surface area contributed by atoms with Crippen LogP contribution in [0.2, 0.25) is 0 Å². The Kier molecular flexibility index (Phi) is 5.67. The lowest BCUT2D eigenvalue weighted by Gasteiger charge is -2.46. The second-order valence-electron chi connectivity index (χ2n) is 7.41. The van der Waals surface area contributed by atoms with Crippen LogP contribution in [0.25, 0.3) is 0 Å². The van der Waals surface area contributed by atoms with Gasteiger partial charge in [0.15, 0.2) is 0 Å². The average Bonchev–Trinajstić information content (AvgIpc) is 2.46. The smallest absolute Gasteiger partial charge is 0.237 e. The number of hydrogen-bond donors (Lipinski definition) is 2. The van der Waals surface area contributed by atoms with Gasteiger partial charge in [0.2, 0.25) is 5.91 Å². The molecule has 1 aliphatic heterocycles. The fraction of sp³-hybridized carbons (Fsp3) is 0.941. The Morgan fingerprint density at radius 1 is 1.38 bits per heavy atom. The molecule has 1 saturated heterocycles. The number of carbonyl (C=O) groups is 1. The van der Waals surface area contributed by atoms with E-state index in [-0.39, 0.29) is 5.91 Å². The van der Waals surface area contributed by atoms with Gasteiger partial charge in [-0.2, -0.15) is 0 Å². The first-order valence-electron chi connectivity index (χ1n) is 8.78. The molecule has 4 heteroatoms. The van der Waals surface area contributed by atoms with Gasteiger partial charge >= 0.3 is 0 Å². The van der Waals surface area contributed by atoms with Crippen LogP contribution in [-0.4, -0.2) is 41.5 Å². The van der Waals surface area contributed by atoms with Gasteiger partial charge in [-0.05, 0) is 64.8 Å². The summed E-state index contributed by atoms with van der Waals surface area (Å²) in [5, 5.41) is 3.49. The molecule has 2 aliphatic rings. The first-order chi connectivity index (χ1) is 9.97. The summed E-state index contributed by atoms with van der Waals surface area (Å²) in [7, 11) is 0. The molecule has 0 spiro atoms. The van der Waals surface area contributed by atoms with Crippen molar-refractivity contribution in [3.05, 3.63) is 0 Å². The molecule has 0 radical (unpaired) electrons. The lowest BCUT2D eigenvalue weighted by atomic mass is 9.76. The van der Waals surface area contributed by atoms with Gasteiger partial charge in [0.25, 0.3) is 0 Å². The quantitative estimate of drug-likeness (QED) is 0.818. The molecule has 2 fully saturated rings. The second-order valence-corrected chi connectivity index (χ2v) is 7.41. The molecule has 1 heterocycles. The maximum absolute atomic E-state index is 12.1. The van der Waals surface area contributed by atoms with Gasteiger partial charge in [-0.25, -0.2) is 0 Å². The maximum atomic E-state index is 12.1. The summed E-state index contributed by atoms with van der Waals surface area (Å²) in [5.74, 6) is 0.673. The normalized spacial score (nSPS) is 35.0. The van der Waals surface area contributed by atoms with Crippen LogP contribution in [0.15, 0.2) is 0 Å². The highest BCUT2D eigenvalue weighted by Gasteiger charge is 2.43. The molecule has 1 aliphatic carbocycles. The van der Waals surface area contributed by atoms with Crippen LogP contribution in [0.3, 0.4) is 0 Å². The molecule has 3 unspecified atom stereocenters. The van der Waals surface area contributed by atoms with Crippen molar-refractivity contribution in [1.29, 1.82) is 0 Å². The van der Waals surface area contributed by atoms with Gasteiger partial charge in [-0.1, -0.05) is 13.3 Å². The van der Waals surface area contributed by atoms with Crippen LogP contribution < -0.4 is 11.1 Å². The number of carbonyl (C=O) groups excluding carboxylic acids is 1. The van der Waals surface area contributed by atoms with Gasteiger partial charge in [-0.15, -0.1) is 0 Å². The Hall–Kier alpha value is -0.610. The van der Waals surface area contributed by atoms with E-state index in [4.69, 9.17) is 5.73 Å². The summed E-state index contributed by atoms with van der Waals surface area (Å²) in [6.07, 6.45) is 8.03. The third-order valence-corrected chi connectivity index (χ3v) is 5.41. The van der Waals surface area contributed by atoms with Gasteiger partial charge < -0.3 is 16.0 Å². The van der Waals surface area contributed by atoms with E-state index in [0.717, 1.165) is 25.2 Å². The first kappa shape index (κ1) is 16.8. The topological polar surface area (TPSA) is 58.4 Å². The molecular formula is C17H33N3O. The molecule has 2 rings (SSSR count). The summed E-state index contributed by atoms with van der Waals surface area (Å²) in [5.41, 5.74) is 5.29. The largest absolute Gasteiger partial charge is 0.368 e. The molecule has 1 amide bonds. The Balaban J connectivity index is 2.06. The molecule has 3 atom stereocenters. The zero-order chi connectivity index (χ0) is 15.5. The highest BCUT2D eigenvalue weighted by Crippen LogP contribution is 2.34. The van der Waals surface area contributed by atoms with Crippen molar-refractivity contribution >= 4 is 5.91 Å². The summed E-state index contributed by atoms with van der Waals surface area (Å²) in [6.45, 7) is 8.89. The Labute approximate surface area is 129 Å². The Morgan fingerprint density at radius 2 is 2.14 bits per heavy atom. The van der Waals surface area contributed by atoms with Gasteiger partial charge in [0, 0.05) is 18.6 Å². The van der Waals surface area contributed by atoms with E-state index in [9.17, 15) is 4.79 Å². The summed E-state index contributed by atoms with van der Waals surface area (Å²) >= 11 is 0. The summed E-state index contributed by atoms with van der Waals surface area (Å²) in [6, 6.07) is 0.813. The van der Waals surface area contributed by atoms with Crippen molar-refractivity contribution in [3.63, 3.8) is 0 Å². The predicted molar refractivity (Wildman–Crippen MR) is 87.0 cm³/mol. The van der Waals surface area contributed by atoms with E-state index in [2.05, 4.69) is 31.0 Å². The number of nitrogens with zero attached hydrogens (tertiary/aromatic N) is 1. The zero-order valence-electron chi connectivity index (χ0n) is 14.0. The van der Waals surface area contributed by atoms with E-state index in [1.165, 1.54) is 38.8 Å². The molecule has 0 aromatic heterocycles. The van der Waals surface area contributed by atoms with Gasteiger partial charge in [-0.3, -0.25) is 4.79 Å². The number of nitrogens with two attached hydrogens (primary N) is 1. The maximum Gasteiger partial charge on any atom is 0.237 e. The van der Waals surface area contributed by atoms with Crippen molar-refractivity contribution in [2.24, 2.45) is 11.7 Å². The van der Waals surface area contributed by atoms with Crippen LogP contribution in [0, 0.1) is 5.92 Å². The second kappa shape index (κ2) is 7.10. The zero-order valence-corrected chi connectivity index (χ0v) is 14.0. The summed E-state index contributed by atoms with van der Waals surface area (Å²) < 4.78 is 0. The van der Waals surface area contributed by atoms with Crippen molar-refractivity contribution in [1.82, 2.24) is 10.2 Å². The van der Waals surface area contributed by atoms with Crippen molar-refractivity contribution in [3.8, 4) is 0 Å². The van der Waals surface area contributed by atoms with Crippen molar-refractivity contribution < 1.29 is 4.79 Å². The monoisotopic (exact) mass is 295 g/mol. The summed E-state index contributed by atoms with van der Waals surface area (Å²) in [4.78, 5) is 14.7. The molecular weight excluding hydrogens is 262 g/mol. The van der Waals surface area contributed by atoms with E-state index >= 15 is 0 Å². The number of hydrogen-bond acceptors (Lipinski definition) is 3. The molecule has 4 nitrogen and oxygen atoms in total. The number of rotatable bonds is 5. The van der Waals surface area contributed by atoms with Crippen LogP contribution in [0.5, 0.6) is 0 Å². The Bertz CT molecular complexity index is 358. The third-order valence-electron chi connectivity index (χ3n) is 5.41. The third kappa shape index (κ3) is 3.98. The molecule has 3 N–H and O–H groups in total. The Morgan fingerprint density at radius 3 is 2.76 bits per heavy atom. The SMILES string of the molecule is CCC1CCCN(C2CCCC(NC(C)C)(C(N)=O)C2)C1. The number of likely N-dealkylation sites (tertiary alicyclic amines) is 1. The minimum absolute atomic E-state index is 0.162. The highest BCUT2D eigenvalue weighted by atomic mass is 16.1. The van der Waals surface area contributed by atoms with Crippen LogP contribution in [0.1, 0.15) is 65.7 Å². The molecule has 21 heavy (non-hydrogen) atoms. The van der Waals surface area contributed by atoms with Crippen LogP contribution in [-0.2, 0) is 4.79 Å². The number of nitrogens with one attached hydrogen (secondary N) is 1. The minimum atomic E-state index is -0.490. The number of piperidine rings is 1. The predicted octanol–water partition coefficient (Wildman–Crippen LogP) is 2.27. The lowest BCUT2D eigenvalue weighted by molar-refractivity contribution is -0.127. The van der Waals surface area contributed by atoms with Crippen molar-refractivity contribution in [2.75, 3.05) is 13.1 Å². The molecule has 122 valence electrons. The van der Waals surface area contributed by atoms with Crippen molar-refractivity contribution in [2.45, 2.75) is 83.3 Å². The molecule has 1 saturated carbocycles. The van der Waals surface area contributed by atoms with E-state index < -0.39 is 5.54 Å². The number of amides is 1. The van der Waals surface area contributed by atoms with Gasteiger partial charge in [0.1, 0.15) is 0 Å².